The van der Waals surface area contributed by atoms with Crippen LogP contribution >= 0.6 is 0 Å². The topological polar surface area (TPSA) is 135 Å². The standard InChI is InChI=1S/C37H72O9/c1-3-5-7-9-11-13-14-15-16-17-18-19-20-22-24-26-33(39)45-31(29-43-27-25-23-21-12-10-8-6-4-2)30-44-37-36(42)35(41)34(40)32(28-38)46-37/h31-32,34-38,40-42H,3-30H2,1-2H3. The van der Waals surface area contributed by atoms with Crippen LogP contribution in [-0.4, -0.2) is 89.6 Å². The van der Waals surface area contributed by atoms with E-state index < -0.39 is 43.4 Å². The van der Waals surface area contributed by atoms with Crippen molar-refractivity contribution in [1.82, 2.24) is 0 Å². The second kappa shape index (κ2) is 30.3. The number of hydrogen-bond donors (Lipinski definition) is 4. The van der Waals surface area contributed by atoms with E-state index in [9.17, 15) is 25.2 Å². The number of unbranched alkanes of at least 4 members (excludes halogenated alkanes) is 21. The van der Waals surface area contributed by atoms with Crippen LogP contribution in [0.15, 0.2) is 0 Å². The molecule has 9 heteroatoms. The Morgan fingerprint density at radius 2 is 1.07 bits per heavy atom. The molecular formula is C37H72O9. The predicted octanol–water partition coefficient (Wildman–Crippen LogP) is 7.13. The van der Waals surface area contributed by atoms with Crippen molar-refractivity contribution < 1.29 is 44.2 Å². The normalized spacial score (nSPS) is 22.3. The summed E-state index contributed by atoms with van der Waals surface area (Å²) >= 11 is 0. The number of aliphatic hydroxyl groups is 4. The number of esters is 1. The molecule has 0 aromatic carbocycles. The number of carbonyl (C=O) groups is 1. The minimum absolute atomic E-state index is 0.106. The van der Waals surface area contributed by atoms with Crippen LogP contribution in [0.2, 0.25) is 0 Å². The molecule has 46 heavy (non-hydrogen) atoms. The lowest BCUT2D eigenvalue weighted by Gasteiger charge is -2.39. The summed E-state index contributed by atoms with van der Waals surface area (Å²) in [4.78, 5) is 12.7. The highest BCUT2D eigenvalue weighted by Gasteiger charge is 2.44. The van der Waals surface area contributed by atoms with Crippen LogP contribution in [-0.2, 0) is 23.7 Å². The van der Waals surface area contributed by atoms with E-state index in [1.165, 1.54) is 116 Å². The zero-order valence-corrected chi connectivity index (χ0v) is 29.6. The minimum Gasteiger partial charge on any atom is -0.457 e. The van der Waals surface area contributed by atoms with Crippen molar-refractivity contribution in [2.24, 2.45) is 0 Å². The second-order valence-corrected chi connectivity index (χ2v) is 13.4. The number of hydrogen-bond acceptors (Lipinski definition) is 9. The summed E-state index contributed by atoms with van der Waals surface area (Å²) in [5.74, 6) is -0.312. The molecule has 0 spiro atoms. The van der Waals surface area contributed by atoms with Gasteiger partial charge in [0, 0.05) is 13.0 Å². The molecule has 4 N–H and O–H groups in total. The quantitative estimate of drug-likeness (QED) is 0.0439. The monoisotopic (exact) mass is 661 g/mol. The van der Waals surface area contributed by atoms with Gasteiger partial charge < -0.3 is 39.4 Å². The van der Waals surface area contributed by atoms with Crippen LogP contribution in [0, 0.1) is 0 Å². The highest BCUT2D eigenvalue weighted by atomic mass is 16.7. The molecule has 0 radical (unpaired) electrons. The van der Waals surface area contributed by atoms with E-state index in [1.54, 1.807) is 0 Å². The van der Waals surface area contributed by atoms with Crippen LogP contribution in [0.3, 0.4) is 0 Å². The molecule has 274 valence electrons. The van der Waals surface area contributed by atoms with Gasteiger partial charge in [-0.3, -0.25) is 4.79 Å². The molecule has 0 saturated carbocycles. The summed E-state index contributed by atoms with van der Waals surface area (Å²) < 4.78 is 22.6. The molecule has 1 fully saturated rings. The number of carbonyl (C=O) groups excluding carboxylic acids is 1. The maximum absolute atomic E-state index is 12.7. The summed E-state index contributed by atoms with van der Waals surface area (Å²) in [5, 5.41) is 39.8. The number of rotatable bonds is 32. The van der Waals surface area contributed by atoms with E-state index in [4.69, 9.17) is 18.9 Å². The van der Waals surface area contributed by atoms with Gasteiger partial charge in [0.15, 0.2) is 6.29 Å². The van der Waals surface area contributed by atoms with Gasteiger partial charge in [0.05, 0.1) is 19.8 Å². The second-order valence-electron chi connectivity index (χ2n) is 13.4. The Hall–Kier alpha value is -0.810. The lowest BCUT2D eigenvalue weighted by Crippen LogP contribution is -2.59. The number of ether oxygens (including phenoxy) is 4. The van der Waals surface area contributed by atoms with Crippen molar-refractivity contribution in [3.63, 3.8) is 0 Å². The molecule has 1 aliphatic rings. The van der Waals surface area contributed by atoms with Crippen molar-refractivity contribution in [3.8, 4) is 0 Å². The van der Waals surface area contributed by atoms with Gasteiger partial charge in [0.2, 0.25) is 0 Å². The van der Waals surface area contributed by atoms with Crippen LogP contribution in [0.1, 0.15) is 168 Å². The van der Waals surface area contributed by atoms with Gasteiger partial charge in [-0.2, -0.15) is 0 Å². The fourth-order valence-electron chi connectivity index (χ4n) is 5.96. The predicted molar refractivity (Wildman–Crippen MR) is 183 cm³/mol. The molecule has 0 aromatic heterocycles. The Morgan fingerprint density at radius 3 is 1.54 bits per heavy atom. The zero-order chi connectivity index (χ0) is 33.7. The van der Waals surface area contributed by atoms with E-state index in [0.717, 1.165) is 32.1 Å². The maximum atomic E-state index is 12.7. The lowest BCUT2D eigenvalue weighted by atomic mass is 9.99. The Morgan fingerprint density at radius 1 is 0.609 bits per heavy atom. The molecule has 1 heterocycles. The van der Waals surface area contributed by atoms with Gasteiger partial charge in [0.25, 0.3) is 0 Å². The minimum atomic E-state index is -1.53. The summed E-state index contributed by atoms with van der Waals surface area (Å²) in [7, 11) is 0. The first-order valence-electron chi connectivity index (χ1n) is 19.1. The Balaban J connectivity index is 2.29. The van der Waals surface area contributed by atoms with Crippen LogP contribution in [0.5, 0.6) is 0 Å². The van der Waals surface area contributed by atoms with E-state index in [0.29, 0.717) is 13.0 Å². The van der Waals surface area contributed by atoms with Gasteiger partial charge in [-0.05, 0) is 12.8 Å². The average Bonchev–Trinajstić information content (AvgIpc) is 3.05. The molecule has 0 aliphatic carbocycles. The summed E-state index contributed by atoms with van der Waals surface area (Å²) in [6.07, 6.45) is 21.3. The van der Waals surface area contributed by atoms with Gasteiger partial charge in [-0.25, -0.2) is 0 Å². The molecule has 0 aromatic rings. The highest BCUT2D eigenvalue weighted by molar-refractivity contribution is 5.69. The molecule has 9 nitrogen and oxygen atoms in total. The Bertz CT molecular complexity index is 677. The molecule has 1 rings (SSSR count). The van der Waals surface area contributed by atoms with E-state index in [1.807, 2.05) is 0 Å². The molecule has 0 bridgehead atoms. The Kier molecular flexibility index (Phi) is 28.4. The third kappa shape index (κ3) is 21.9. The summed E-state index contributed by atoms with van der Waals surface area (Å²) in [5.41, 5.74) is 0. The lowest BCUT2D eigenvalue weighted by molar-refractivity contribution is -0.305. The van der Waals surface area contributed by atoms with E-state index in [-0.39, 0.29) is 19.2 Å². The van der Waals surface area contributed by atoms with Crippen molar-refractivity contribution >= 4 is 5.97 Å². The van der Waals surface area contributed by atoms with E-state index in [2.05, 4.69) is 13.8 Å². The SMILES string of the molecule is CCCCCCCCCCCCCCCCCC(=O)OC(COCCCCCCCCCC)COC1OC(CO)C(O)C(O)C1O. The molecule has 6 atom stereocenters. The van der Waals surface area contributed by atoms with Gasteiger partial charge >= 0.3 is 5.97 Å². The molecule has 1 saturated heterocycles. The number of aliphatic hydroxyl groups excluding tert-OH is 4. The Labute approximate surface area is 281 Å². The summed E-state index contributed by atoms with van der Waals surface area (Å²) in [6, 6.07) is 0. The van der Waals surface area contributed by atoms with Crippen molar-refractivity contribution in [2.75, 3.05) is 26.4 Å². The third-order valence-electron chi connectivity index (χ3n) is 9.02. The van der Waals surface area contributed by atoms with Gasteiger partial charge in [-0.15, -0.1) is 0 Å². The van der Waals surface area contributed by atoms with Crippen LogP contribution < -0.4 is 0 Å². The van der Waals surface area contributed by atoms with Crippen molar-refractivity contribution in [3.05, 3.63) is 0 Å². The van der Waals surface area contributed by atoms with Crippen molar-refractivity contribution in [2.45, 2.75) is 205 Å². The first-order chi connectivity index (χ1) is 22.4. The fourth-order valence-corrected chi connectivity index (χ4v) is 5.96. The largest absolute Gasteiger partial charge is 0.457 e. The van der Waals surface area contributed by atoms with Crippen LogP contribution in [0.4, 0.5) is 0 Å². The highest BCUT2D eigenvalue weighted by Crippen LogP contribution is 2.22. The average molecular weight is 661 g/mol. The first-order valence-corrected chi connectivity index (χ1v) is 19.1. The fraction of sp³-hybridized carbons (Fsp3) is 0.973. The van der Waals surface area contributed by atoms with Crippen LogP contribution in [0.25, 0.3) is 0 Å². The molecular weight excluding hydrogens is 588 g/mol. The summed E-state index contributed by atoms with van der Waals surface area (Å²) in [6.45, 7) is 4.55. The maximum Gasteiger partial charge on any atom is 0.306 e. The molecule has 0 amide bonds. The molecule has 1 aliphatic heterocycles. The first kappa shape index (κ1) is 43.2. The van der Waals surface area contributed by atoms with E-state index >= 15 is 0 Å². The third-order valence-corrected chi connectivity index (χ3v) is 9.02. The van der Waals surface area contributed by atoms with Gasteiger partial charge in [0.1, 0.15) is 30.5 Å². The molecule has 6 unspecified atom stereocenters. The van der Waals surface area contributed by atoms with Crippen molar-refractivity contribution in [1.29, 1.82) is 0 Å². The zero-order valence-electron chi connectivity index (χ0n) is 29.6. The smallest absolute Gasteiger partial charge is 0.306 e. The van der Waals surface area contributed by atoms with Gasteiger partial charge in [-0.1, -0.05) is 149 Å².